The second-order valence-electron chi connectivity index (χ2n) is 27.0. The summed E-state index contributed by atoms with van der Waals surface area (Å²) in [4.78, 5) is 25.1. The number of nitrogens with one attached hydrogen (secondary N) is 2. The largest absolute Gasteiger partial charge is 0.399 e. The van der Waals surface area contributed by atoms with Crippen LogP contribution in [0.3, 0.4) is 0 Å². The van der Waals surface area contributed by atoms with Gasteiger partial charge in [0.05, 0.1) is 42.1 Å². The van der Waals surface area contributed by atoms with Gasteiger partial charge in [0.2, 0.25) is 11.8 Å². The number of amides is 2. The molecule has 0 spiro atoms. The Morgan fingerprint density at radius 3 is 1.64 bits per heavy atom. The molecule has 10 N–H and O–H groups in total. The Hall–Kier alpha value is -2.06. The number of carbonyl (C=O) groups excluding carboxylic acids is 2. The van der Waals surface area contributed by atoms with Crippen LogP contribution in [-0.2, 0) is 34.6 Å². The molecule has 424 valence electrons. The van der Waals surface area contributed by atoms with Crippen molar-refractivity contribution in [1.82, 2.24) is 15.6 Å². The van der Waals surface area contributed by atoms with Crippen molar-refractivity contribution in [3.05, 3.63) is 11.9 Å². The third-order valence-corrected chi connectivity index (χ3v) is 24.7. The summed E-state index contributed by atoms with van der Waals surface area (Å²) in [7, 11) is -8.24. The van der Waals surface area contributed by atoms with Gasteiger partial charge in [-0.25, -0.2) is 5.84 Å². The molecule has 0 saturated heterocycles. The number of nitrogens with two attached hydrogens (primary N) is 2. The SMILES string of the molecule is C[C@H](CCC(=O)NCCS(=O)(=O)O)[C@H]1CCC[C@@H]2[C@@H]3[C@@H](CC[C@@]21C)[C@@]1(C)CC[C@H](N(N)/C=C(\N)CO[C@@H]2CC[C@]4(C)C(C2)C[C@@H](O)C2C4CC[C@]4(C)[C@H]2CC[C@H]4[C@@H](C)CCC(=O)NCCS(=O)(=O)O)CC1C[C@@H]3O. The Bertz CT molecular complexity index is 2250. The number of rotatable bonds is 19. The summed E-state index contributed by atoms with van der Waals surface area (Å²) in [5, 5.41) is 31.3. The van der Waals surface area contributed by atoms with Crippen molar-refractivity contribution in [3.8, 4) is 0 Å². The normalized spacial score (nSPS) is 43.0. The lowest BCUT2D eigenvalue weighted by atomic mass is 9.40. The van der Waals surface area contributed by atoms with Gasteiger partial charge in [0.25, 0.3) is 20.2 Å². The summed E-state index contributed by atoms with van der Waals surface area (Å²) < 4.78 is 69.0. The Labute approximate surface area is 444 Å². The van der Waals surface area contributed by atoms with Crippen molar-refractivity contribution in [2.24, 2.45) is 104 Å². The first-order chi connectivity index (χ1) is 34.7. The maximum atomic E-state index is 12.6. The van der Waals surface area contributed by atoms with Crippen LogP contribution < -0.4 is 22.2 Å². The zero-order valence-electron chi connectivity index (χ0n) is 45.8. The molecule has 2 amide bonds. The van der Waals surface area contributed by atoms with Crippen molar-refractivity contribution in [2.45, 2.75) is 201 Å². The van der Waals surface area contributed by atoms with Crippen LogP contribution in [0.1, 0.15) is 176 Å². The monoisotopic (exact) mass is 1080 g/mol. The molecule has 18 heteroatoms. The highest BCUT2D eigenvalue weighted by atomic mass is 32.2. The van der Waals surface area contributed by atoms with Gasteiger partial charge >= 0.3 is 0 Å². The predicted octanol–water partition coefficient (Wildman–Crippen LogP) is 7.21. The van der Waals surface area contributed by atoms with Gasteiger partial charge in [0, 0.05) is 38.2 Å². The van der Waals surface area contributed by atoms with Crippen molar-refractivity contribution >= 4 is 32.1 Å². The van der Waals surface area contributed by atoms with E-state index < -0.39 is 31.7 Å². The molecule has 16 nitrogen and oxygen atoms in total. The van der Waals surface area contributed by atoms with Crippen LogP contribution in [0.15, 0.2) is 11.9 Å². The van der Waals surface area contributed by atoms with Crippen LogP contribution in [-0.4, -0.2) is 109 Å². The second-order valence-corrected chi connectivity index (χ2v) is 30.1. The third-order valence-electron chi connectivity index (χ3n) is 23.3. The van der Waals surface area contributed by atoms with E-state index in [1.165, 1.54) is 0 Å². The quantitative estimate of drug-likeness (QED) is 0.0361. The van der Waals surface area contributed by atoms with Crippen molar-refractivity contribution in [3.63, 3.8) is 0 Å². The molecule has 20 atom stereocenters. The van der Waals surface area contributed by atoms with Crippen LogP contribution in [0.25, 0.3) is 0 Å². The Kier molecular flexibility index (Phi) is 17.7. The molecule has 0 aromatic carbocycles. The van der Waals surface area contributed by atoms with Crippen LogP contribution >= 0.6 is 0 Å². The minimum absolute atomic E-state index is 0.0668. The van der Waals surface area contributed by atoms with E-state index in [-0.39, 0.29) is 82.8 Å². The minimum Gasteiger partial charge on any atom is -0.399 e. The zero-order valence-corrected chi connectivity index (χ0v) is 47.4. The number of hydrogen-bond acceptors (Lipinski definition) is 12. The molecule has 8 rings (SSSR count). The van der Waals surface area contributed by atoms with Gasteiger partial charge in [0.15, 0.2) is 0 Å². The summed E-state index contributed by atoms with van der Waals surface area (Å²) in [6.07, 6.45) is 20.9. The van der Waals surface area contributed by atoms with E-state index in [2.05, 4.69) is 52.2 Å². The third kappa shape index (κ3) is 12.1. The highest BCUT2D eigenvalue weighted by Gasteiger charge is 2.64. The summed E-state index contributed by atoms with van der Waals surface area (Å²) in [6.45, 7) is 14.5. The maximum Gasteiger partial charge on any atom is 0.266 e. The first-order valence-electron chi connectivity index (χ1n) is 29.1. The topological polar surface area (TPSA) is 272 Å². The molecule has 74 heavy (non-hydrogen) atoms. The van der Waals surface area contributed by atoms with E-state index in [1.807, 2.05) is 11.2 Å². The van der Waals surface area contributed by atoms with E-state index >= 15 is 0 Å². The van der Waals surface area contributed by atoms with Gasteiger partial charge in [-0.15, -0.1) is 0 Å². The summed E-state index contributed by atoms with van der Waals surface area (Å²) in [6, 6.07) is 0.122. The number of nitrogens with zero attached hydrogens (tertiary/aromatic N) is 1. The fraction of sp³-hybridized carbons (Fsp3) is 0.929. The highest BCUT2D eigenvalue weighted by Crippen LogP contribution is 2.70. The minimum atomic E-state index is -4.12. The molecule has 0 aromatic rings. The maximum absolute atomic E-state index is 12.6. The molecule has 0 bridgehead atoms. The summed E-state index contributed by atoms with van der Waals surface area (Å²) in [5.74, 6) is 10.1. The Morgan fingerprint density at radius 1 is 0.649 bits per heavy atom. The molecule has 0 aliphatic heterocycles. The number of hydrazine groups is 1. The van der Waals surface area contributed by atoms with Gasteiger partial charge < -0.3 is 36.3 Å². The van der Waals surface area contributed by atoms with E-state index in [0.717, 1.165) is 122 Å². The molecule has 8 aliphatic rings. The van der Waals surface area contributed by atoms with Gasteiger partial charge in [0.1, 0.15) is 0 Å². The molecule has 4 unspecified atom stereocenters. The first-order valence-corrected chi connectivity index (χ1v) is 32.3. The lowest BCUT2D eigenvalue weighted by Crippen LogP contribution is -2.61. The Balaban J connectivity index is 0.802. The summed E-state index contributed by atoms with van der Waals surface area (Å²) in [5.41, 5.74) is 7.78. The molecule has 8 fully saturated rings. The van der Waals surface area contributed by atoms with Crippen LogP contribution in [0.5, 0.6) is 0 Å². The number of carbonyl (C=O) groups is 2. The zero-order chi connectivity index (χ0) is 53.8. The van der Waals surface area contributed by atoms with Crippen LogP contribution in [0.4, 0.5) is 0 Å². The number of aliphatic hydroxyl groups excluding tert-OH is 2. The van der Waals surface area contributed by atoms with Crippen LogP contribution in [0, 0.1) is 92.7 Å². The number of hydrogen-bond donors (Lipinski definition) is 8. The van der Waals surface area contributed by atoms with E-state index in [0.29, 0.717) is 84.3 Å². The van der Waals surface area contributed by atoms with E-state index in [9.17, 15) is 36.6 Å². The molecule has 0 aromatic heterocycles. The van der Waals surface area contributed by atoms with Crippen molar-refractivity contribution in [2.75, 3.05) is 31.2 Å². The highest BCUT2D eigenvalue weighted by molar-refractivity contribution is 7.86. The van der Waals surface area contributed by atoms with E-state index in [4.69, 9.17) is 25.4 Å². The van der Waals surface area contributed by atoms with Gasteiger partial charge in [-0.1, -0.05) is 48.0 Å². The number of fused-ring (bicyclic) bond motifs is 10. The van der Waals surface area contributed by atoms with Gasteiger partial charge in [-0.2, -0.15) is 16.8 Å². The second kappa shape index (κ2) is 22.6. The Morgan fingerprint density at radius 2 is 1.11 bits per heavy atom. The standard InChI is InChI=1S/C56H97N5O11S2/c1-34(10-14-49(64)59-24-26-73(66,67)68)41-8-7-9-43-51-45(18-22-55(41,43)5)53(3)20-16-39(28-36(53)30-47(51)62)61(58)32-38(57)33-72-40-17-21-54(4)37(29-40)31-48(63)52-44-13-12-42(56(44,6)23-19-46(52)54)35(2)11-15-50(65)60-25-27-74(69,70)71/h32,34-37,39-48,51-52,62-63H,7-31,33,57-58H2,1-6H3,(H,59,64)(H,60,65)(H,66,67,68)(H,69,70,71)/b38-32-/t34-,35+,36?,37?,39+,40-,41-,42+,43-,44+,45-,46?,47+,48-,51-,52?,53+,54-,55-,56+/m1/s1. The molecule has 0 radical (unpaired) electrons. The lowest BCUT2D eigenvalue weighted by molar-refractivity contribution is -0.192. The molecule has 8 saturated carbocycles. The van der Waals surface area contributed by atoms with Crippen molar-refractivity contribution < 1.29 is 50.5 Å². The number of aliphatic hydroxyl groups is 2. The predicted molar refractivity (Wildman–Crippen MR) is 285 cm³/mol. The molecule has 0 heterocycles. The molecular formula is C56H97N5O11S2. The lowest BCUT2D eigenvalue weighted by Gasteiger charge is -2.65. The van der Waals surface area contributed by atoms with E-state index in [1.54, 1.807) is 0 Å². The van der Waals surface area contributed by atoms with Gasteiger partial charge in [-0.05, 0) is 208 Å². The smallest absolute Gasteiger partial charge is 0.266 e. The van der Waals surface area contributed by atoms with Crippen LogP contribution in [0.2, 0.25) is 0 Å². The fourth-order valence-corrected chi connectivity index (χ4v) is 20.2. The molecular weight excluding hydrogens is 983 g/mol. The molecule has 8 aliphatic carbocycles. The average molecular weight is 1080 g/mol. The fourth-order valence-electron chi connectivity index (χ4n) is 19.4. The first kappa shape index (κ1) is 58.1. The van der Waals surface area contributed by atoms with Gasteiger partial charge in [-0.3, -0.25) is 18.7 Å². The summed E-state index contributed by atoms with van der Waals surface area (Å²) >= 11 is 0. The number of ether oxygens (including phenoxy) is 1. The average Bonchev–Trinajstić information content (AvgIpc) is 3.68. The van der Waals surface area contributed by atoms with Crippen molar-refractivity contribution in [1.29, 1.82) is 0 Å².